The molecule has 0 N–H and O–H groups in total. The third-order valence-electron chi connectivity index (χ3n) is 5.37. The molecule has 1 fully saturated rings. The van der Waals surface area contributed by atoms with Crippen LogP contribution in [0.2, 0.25) is 0 Å². The van der Waals surface area contributed by atoms with Gasteiger partial charge in [-0.05, 0) is 52.1 Å². The van der Waals surface area contributed by atoms with Gasteiger partial charge in [0.2, 0.25) is 0 Å². The molecule has 0 radical (unpaired) electrons. The monoisotopic (exact) mass is 267 g/mol. The van der Waals surface area contributed by atoms with E-state index in [1.165, 1.54) is 77.3 Å². The van der Waals surface area contributed by atoms with Gasteiger partial charge in [-0.1, -0.05) is 58.8 Å². The van der Waals surface area contributed by atoms with E-state index >= 15 is 0 Å². The van der Waals surface area contributed by atoms with Crippen molar-refractivity contribution >= 4 is 0 Å². The third-order valence-corrected chi connectivity index (χ3v) is 5.37. The topological polar surface area (TPSA) is 3.24 Å². The standard InChI is InChI=1S/C18H37N/c1-5-6-7-8-9-10-11-12-15-19-16-13-14-17(2)18(19,3)4/h17H,5-16H2,1-4H3. The molecule has 0 spiro atoms. The molecule has 1 unspecified atom stereocenters. The Hall–Kier alpha value is -0.0400. The summed E-state index contributed by atoms with van der Waals surface area (Å²) in [6.07, 6.45) is 14.3. The Morgan fingerprint density at radius 3 is 2.16 bits per heavy atom. The fourth-order valence-electron chi connectivity index (χ4n) is 3.38. The Bertz CT molecular complexity index is 222. The zero-order chi connectivity index (χ0) is 14.1. The van der Waals surface area contributed by atoms with Crippen LogP contribution in [0, 0.1) is 5.92 Å². The minimum atomic E-state index is 0.430. The van der Waals surface area contributed by atoms with Crippen LogP contribution in [0.1, 0.15) is 91.9 Å². The summed E-state index contributed by atoms with van der Waals surface area (Å²) >= 11 is 0. The van der Waals surface area contributed by atoms with Crippen LogP contribution in [0.25, 0.3) is 0 Å². The van der Waals surface area contributed by atoms with E-state index in [-0.39, 0.29) is 0 Å². The van der Waals surface area contributed by atoms with Crippen molar-refractivity contribution in [1.29, 1.82) is 0 Å². The predicted molar refractivity (Wildman–Crippen MR) is 86.7 cm³/mol. The van der Waals surface area contributed by atoms with E-state index < -0.39 is 0 Å². The van der Waals surface area contributed by atoms with Crippen molar-refractivity contribution in [3.63, 3.8) is 0 Å². The maximum Gasteiger partial charge on any atom is 0.0178 e. The summed E-state index contributed by atoms with van der Waals surface area (Å²) in [5.41, 5.74) is 0.430. The van der Waals surface area contributed by atoms with Gasteiger partial charge >= 0.3 is 0 Å². The Kier molecular flexibility index (Phi) is 8.06. The molecule has 1 atom stereocenters. The zero-order valence-corrected chi connectivity index (χ0v) is 14.0. The number of rotatable bonds is 9. The van der Waals surface area contributed by atoms with Crippen molar-refractivity contribution in [2.75, 3.05) is 13.1 Å². The van der Waals surface area contributed by atoms with Crippen molar-refractivity contribution < 1.29 is 0 Å². The Labute approximate surface area is 122 Å². The van der Waals surface area contributed by atoms with Crippen LogP contribution in [-0.2, 0) is 0 Å². The van der Waals surface area contributed by atoms with E-state index in [1.807, 2.05) is 0 Å². The largest absolute Gasteiger partial charge is 0.298 e. The predicted octanol–water partition coefficient (Wildman–Crippen LogP) is 5.64. The van der Waals surface area contributed by atoms with Crippen molar-refractivity contribution in [2.45, 2.75) is 97.4 Å². The first-order valence-corrected chi connectivity index (χ1v) is 8.84. The van der Waals surface area contributed by atoms with E-state index in [2.05, 4.69) is 32.6 Å². The molecular weight excluding hydrogens is 230 g/mol. The van der Waals surface area contributed by atoms with Crippen LogP contribution in [0.15, 0.2) is 0 Å². The van der Waals surface area contributed by atoms with E-state index in [0.29, 0.717) is 5.54 Å². The number of piperidine rings is 1. The summed E-state index contributed by atoms with van der Waals surface area (Å²) in [6, 6.07) is 0. The summed E-state index contributed by atoms with van der Waals surface area (Å²) in [5.74, 6) is 0.857. The lowest BCUT2D eigenvalue weighted by Gasteiger charge is -2.47. The molecule has 0 aromatic carbocycles. The summed E-state index contributed by atoms with van der Waals surface area (Å²) in [6.45, 7) is 12.3. The molecule has 0 amide bonds. The van der Waals surface area contributed by atoms with Gasteiger partial charge in [-0.15, -0.1) is 0 Å². The average Bonchev–Trinajstić information content (AvgIpc) is 2.37. The number of hydrogen-bond acceptors (Lipinski definition) is 1. The molecule has 0 aliphatic carbocycles. The number of unbranched alkanes of at least 4 members (excludes halogenated alkanes) is 7. The van der Waals surface area contributed by atoms with Gasteiger partial charge in [0.15, 0.2) is 0 Å². The third kappa shape index (κ3) is 5.85. The highest BCUT2D eigenvalue weighted by molar-refractivity contribution is 4.90. The lowest BCUT2D eigenvalue weighted by Crippen LogP contribution is -2.52. The SMILES string of the molecule is CCCCCCCCCCN1CCCC(C)C1(C)C. The van der Waals surface area contributed by atoms with Crippen molar-refractivity contribution in [2.24, 2.45) is 5.92 Å². The molecule has 19 heavy (non-hydrogen) atoms. The van der Waals surface area contributed by atoms with E-state index in [0.717, 1.165) is 5.92 Å². The normalized spacial score (nSPS) is 23.7. The molecule has 1 rings (SSSR count). The van der Waals surface area contributed by atoms with Gasteiger partial charge < -0.3 is 0 Å². The maximum absolute atomic E-state index is 2.75. The van der Waals surface area contributed by atoms with Crippen LogP contribution in [0.4, 0.5) is 0 Å². The smallest absolute Gasteiger partial charge is 0.0178 e. The molecule has 1 aliphatic heterocycles. The fraction of sp³-hybridized carbons (Fsp3) is 1.00. The summed E-state index contributed by atoms with van der Waals surface area (Å²) in [7, 11) is 0. The minimum Gasteiger partial charge on any atom is -0.298 e. The van der Waals surface area contributed by atoms with Crippen molar-refractivity contribution in [1.82, 2.24) is 4.90 Å². The van der Waals surface area contributed by atoms with Crippen LogP contribution in [0.5, 0.6) is 0 Å². The quantitative estimate of drug-likeness (QED) is 0.489. The van der Waals surface area contributed by atoms with Gasteiger partial charge in [0.05, 0.1) is 0 Å². The summed E-state index contributed by atoms with van der Waals surface area (Å²) in [5, 5.41) is 0. The average molecular weight is 268 g/mol. The second-order valence-electron chi connectivity index (χ2n) is 7.16. The Morgan fingerprint density at radius 1 is 0.947 bits per heavy atom. The Balaban J connectivity index is 2.05. The van der Waals surface area contributed by atoms with Crippen LogP contribution >= 0.6 is 0 Å². The molecule has 0 bridgehead atoms. The van der Waals surface area contributed by atoms with Crippen LogP contribution < -0.4 is 0 Å². The molecule has 1 saturated heterocycles. The first-order chi connectivity index (χ1) is 9.09. The van der Waals surface area contributed by atoms with E-state index in [1.54, 1.807) is 0 Å². The molecule has 0 aromatic heterocycles. The highest BCUT2D eigenvalue weighted by Gasteiger charge is 2.34. The lowest BCUT2D eigenvalue weighted by atomic mass is 9.80. The summed E-state index contributed by atoms with van der Waals surface area (Å²) < 4.78 is 0. The van der Waals surface area contributed by atoms with Gasteiger partial charge in [0, 0.05) is 5.54 Å². The van der Waals surface area contributed by atoms with E-state index in [4.69, 9.17) is 0 Å². The lowest BCUT2D eigenvalue weighted by molar-refractivity contribution is 0.0287. The number of hydrogen-bond donors (Lipinski definition) is 0. The van der Waals surface area contributed by atoms with Gasteiger partial charge in [-0.2, -0.15) is 0 Å². The van der Waals surface area contributed by atoms with Crippen LogP contribution in [-0.4, -0.2) is 23.5 Å². The van der Waals surface area contributed by atoms with Gasteiger partial charge in [0.25, 0.3) is 0 Å². The van der Waals surface area contributed by atoms with Gasteiger partial charge in [-0.25, -0.2) is 0 Å². The first-order valence-electron chi connectivity index (χ1n) is 8.84. The highest BCUT2D eigenvalue weighted by atomic mass is 15.2. The summed E-state index contributed by atoms with van der Waals surface area (Å²) in [4.78, 5) is 2.75. The van der Waals surface area contributed by atoms with Gasteiger partial charge in [-0.3, -0.25) is 4.90 Å². The highest BCUT2D eigenvalue weighted by Crippen LogP contribution is 2.32. The number of likely N-dealkylation sites (tertiary alicyclic amines) is 1. The van der Waals surface area contributed by atoms with Crippen molar-refractivity contribution in [3.8, 4) is 0 Å². The second-order valence-corrected chi connectivity index (χ2v) is 7.16. The van der Waals surface area contributed by atoms with Crippen LogP contribution in [0.3, 0.4) is 0 Å². The maximum atomic E-state index is 2.75. The molecule has 1 heterocycles. The van der Waals surface area contributed by atoms with Crippen molar-refractivity contribution in [3.05, 3.63) is 0 Å². The second kappa shape index (κ2) is 9.00. The first kappa shape index (κ1) is 17.0. The molecule has 1 nitrogen and oxygen atoms in total. The molecule has 114 valence electrons. The number of nitrogens with zero attached hydrogens (tertiary/aromatic N) is 1. The molecular formula is C18H37N. The van der Waals surface area contributed by atoms with Gasteiger partial charge in [0.1, 0.15) is 0 Å². The zero-order valence-electron chi connectivity index (χ0n) is 14.0. The fourth-order valence-corrected chi connectivity index (χ4v) is 3.38. The molecule has 0 aromatic rings. The minimum absolute atomic E-state index is 0.430. The molecule has 1 aliphatic rings. The Morgan fingerprint density at radius 2 is 1.53 bits per heavy atom. The molecule has 0 saturated carbocycles. The molecule has 1 heteroatoms. The van der Waals surface area contributed by atoms with E-state index in [9.17, 15) is 0 Å².